The lowest BCUT2D eigenvalue weighted by Gasteiger charge is -2.37. The minimum absolute atomic E-state index is 0.0448. The molecule has 2 aromatic rings. The third-order valence-corrected chi connectivity index (χ3v) is 8.88. The molecule has 3 fully saturated rings. The number of carbonyl (C=O) groups excluding carboxylic acids is 3. The molecular weight excluding hydrogens is 556 g/mol. The van der Waals surface area contributed by atoms with Crippen LogP contribution in [-0.2, 0) is 14.4 Å². The van der Waals surface area contributed by atoms with E-state index in [1.807, 2.05) is 11.4 Å². The first-order chi connectivity index (χ1) is 19.7. The van der Waals surface area contributed by atoms with E-state index < -0.39 is 65.4 Å². The first-order valence-corrected chi connectivity index (χ1v) is 13.8. The van der Waals surface area contributed by atoms with Gasteiger partial charge in [-0.2, -0.15) is 18.4 Å². The largest absolute Gasteiger partial charge is 0.471 e. The number of nitrogens with one attached hydrogen (secondary N) is 2. The van der Waals surface area contributed by atoms with Gasteiger partial charge in [0.1, 0.15) is 18.3 Å². The zero-order chi connectivity index (χ0) is 30.6. The van der Waals surface area contributed by atoms with E-state index in [9.17, 15) is 37.2 Å². The quantitative estimate of drug-likeness (QED) is 0.501. The standard InChI is InChI=1S/C29H32F4N6O3/c1-28(2,3)24(37-27(42)29(31,32)33)26(41)38-13-18-15-9-17(19(30)10-15)22(18)23(38)25(40)36-20(11-34)21-12-35-14-39(21)16-7-5-4-6-8-16/h4-8,12,14-15,17-20,22-24H,9-10,13H2,1-3H3,(H,36,40)(H,37,42). The Labute approximate surface area is 240 Å². The maximum atomic E-state index is 15.0. The molecule has 8 unspecified atom stereocenters. The van der Waals surface area contributed by atoms with Gasteiger partial charge in [0.05, 0.1) is 24.3 Å². The Morgan fingerprint density at radius 2 is 1.76 bits per heavy atom. The Balaban J connectivity index is 1.46. The number of fused-ring (bicyclic) bond motifs is 5. The van der Waals surface area contributed by atoms with Gasteiger partial charge in [-0.05, 0) is 54.1 Å². The molecule has 224 valence electrons. The first kappa shape index (κ1) is 29.5. The Morgan fingerprint density at radius 1 is 1.07 bits per heavy atom. The highest BCUT2D eigenvalue weighted by atomic mass is 19.4. The van der Waals surface area contributed by atoms with Crippen LogP contribution in [-0.4, -0.2) is 63.1 Å². The predicted octanol–water partition coefficient (Wildman–Crippen LogP) is 3.47. The Kier molecular flexibility index (Phi) is 7.53. The van der Waals surface area contributed by atoms with Gasteiger partial charge in [-0.1, -0.05) is 39.0 Å². The fraction of sp³-hybridized carbons (Fsp3) is 0.552. The minimum Gasteiger partial charge on any atom is -0.336 e. The number of rotatable bonds is 6. The molecular formula is C29H32F4N6O3. The van der Waals surface area contributed by atoms with E-state index in [2.05, 4.69) is 16.4 Å². The molecule has 2 aliphatic carbocycles. The second-order valence-corrected chi connectivity index (χ2v) is 12.5. The zero-order valence-electron chi connectivity index (χ0n) is 23.3. The van der Waals surface area contributed by atoms with Gasteiger partial charge in [0.25, 0.3) is 0 Å². The van der Waals surface area contributed by atoms with E-state index in [0.29, 0.717) is 24.2 Å². The van der Waals surface area contributed by atoms with Crippen LogP contribution in [0.3, 0.4) is 0 Å². The number of nitriles is 1. The van der Waals surface area contributed by atoms with Crippen LogP contribution in [0, 0.1) is 40.4 Å². The molecule has 0 radical (unpaired) electrons. The lowest BCUT2D eigenvalue weighted by Crippen LogP contribution is -2.60. The molecule has 8 atom stereocenters. The summed E-state index contributed by atoms with van der Waals surface area (Å²) in [5, 5.41) is 14.6. The number of nitrogens with zero attached hydrogens (tertiary/aromatic N) is 4. The molecule has 3 amide bonds. The molecule has 1 aliphatic heterocycles. The number of benzene rings is 1. The van der Waals surface area contributed by atoms with Crippen molar-refractivity contribution < 1.29 is 31.9 Å². The van der Waals surface area contributed by atoms with Crippen LogP contribution in [0.25, 0.3) is 5.69 Å². The van der Waals surface area contributed by atoms with Gasteiger partial charge < -0.3 is 20.1 Å². The summed E-state index contributed by atoms with van der Waals surface area (Å²) in [6.07, 6.45) is -2.62. The molecule has 1 aromatic carbocycles. The summed E-state index contributed by atoms with van der Waals surface area (Å²) in [4.78, 5) is 45.1. The number of amides is 3. The van der Waals surface area contributed by atoms with Gasteiger partial charge in [0.2, 0.25) is 11.8 Å². The average Bonchev–Trinajstić information content (AvgIpc) is 3.70. The minimum atomic E-state index is -5.22. The molecule has 1 saturated heterocycles. The summed E-state index contributed by atoms with van der Waals surface area (Å²) in [5.74, 6) is -5.20. The zero-order valence-corrected chi connectivity index (χ0v) is 23.3. The van der Waals surface area contributed by atoms with Crippen LogP contribution in [0.15, 0.2) is 42.9 Å². The molecule has 9 nitrogen and oxygen atoms in total. The lowest BCUT2D eigenvalue weighted by molar-refractivity contribution is -0.176. The molecule has 13 heteroatoms. The fourth-order valence-corrected chi connectivity index (χ4v) is 7.02. The van der Waals surface area contributed by atoms with Gasteiger partial charge in [0.15, 0.2) is 6.04 Å². The molecule has 2 saturated carbocycles. The average molecular weight is 589 g/mol. The van der Waals surface area contributed by atoms with Crippen LogP contribution in [0.1, 0.15) is 45.3 Å². The lowest BCUT2D eigenvalue weighted by atomic mass is 9.77. The molecule has 3 aliphatic rings. The molecule has 2 heterocycles. The molecule has 2 bridgehead atoms. The normalized spacial score (nSPS) is 28.1. The van der Waals surface area contributed by atoms with Crippen molar-refractivity contribution in [3.8, 4) is 11.8 Å². The molecule has 1 aromatic heterocycles. The van der Waals surface area contributed by atoms with Crippen molar-refractivity contribution in [1.29, 1.82) is 5.26 Å². The van der Waals surface area contributed by atoms with E-state index >= 15 is 0 Å². The van der Waals surface area contributed by atoms with Crippen molar-refractivity contribution in [1.82, 2.24) is 25.1 Å². The SMILES string of the molecule is CC(C)(C)C(NC(=O)C(F)(F)F)C(=O)N1CC2C3CC(F)C(C3)C2C1C(=O)NC(C#N)c1cncn1-c1ccccc1. The van der Waals surface area contributed by atoms with Crippen LogP contribution < -0.4 is 10.6 Å². The van der Waals surface area contributed by atoms with E-state index in [1.165, 1.54) is 38.2 Å². The number of carbonyl (C=O) groups is 3. The second-order valence-electron chi connectivity index (χ2n) is 12.5. The van der Waals surface area contributed by atoms with E-state index in [4.69, 9.17) is 0 Å². The maximum Gasteiger partial charge on any atom is 0.471 e. The Morgan fingerprint density at radius 3 is 2.38 bits per heavy atom. The van der Waals surface area contributed by atoms with E-state index in [-0.39, 0.29) is 18.4 Å². The maximum absolute atomic E-state index is 15.0. The summed E-state index contributed by atoms with van der Waals surface area (Å²) in [5.41, 5.74) is -0.0970. The highest BCUT2D eigenvalue weighted by Gasteiger charge is 2.63. The number of aromatic nitrogens is 2. The number of halogens is 4. The predicted molar refractivity (Wildman–Crippen MR) is 141 cm³/mol. The van der Waals surface area contributed by atoms with Crippen molar-refractivity contribution in [3.63, 3.8) is 0 Å². The third kappa shape index (κ3) is 5.23. The van der Waals surface area contributed by atoms with Crippen molar-refractivity contribution in [2.75, 3.05) is 6.54 Å². The highest BCUT2D eigenvalue weighted by Crippen LogP contribution is 2.58. The fourth-order valence-electron chi connectivity index (χ4n) is 7.02. The van der Waals surface area contributed by atoms with Crippen molar-refractivity contribution in [3.05, 3.63) is 48.5 Å². The van der Waals surface area contributed by atoms with Gasteiger partial charge in [-0.15, -0.1) is 0 Å². The highest BCUT2D eigenvalue weighted by molar-refractivity contribution is 5.94. The number of para-hydroxylation sites is 1. The van der Waals surface area contributed by atoms with Gasteiger partial charge in [-0.3, -0.25) is 14.4 Å². The second kappa shape index (κ2) is 10.7. The van der Waals surface area contributed by atoms with Crippen molar-refractivity contribution >= 4 is 17.7 Å². The Hall–Kier alpha value is -3.95. The van der Waals surface area contributed by atoms with Crippen LogP contribution >= 0.6 is 0 Å². The summed E-state index contributed by atoms with van der Waals surface area (Å²) < 4.78 is 56.1. The van der Waals surface area contributed by atoms with Crippen LogP contribution in [0.4, 0.5) is 17.6 Å². The van der Waals surface area contributed by atoms with Gasteiger partial charge in [0, 0.05) is 12.2 Å². The van der Waals surface area contributed by atoms with Crippen LogP contribution in [0.2, 0.25) is 0 Å². The number of imidazole rings is 1. The van der Waals surface area contributed by atoms with Crippen LogP contribution in [0.5, 0.6) is 0 Å². The molecule has 2 N–H and O–H groups in total. The number of alkyl halides is 4. The number of likely N-dealkylation sites (tertiary alicyclic amines) is 1. The molecule has 0 spiro atoms. The summed E-state index contributed by atoms with van der Waals surface area (Å²) >= 11 is 0. The third-order valence-electron chi connectivity index (χ3n) is 8.88. The Bertz CT molecular complexity index is 1400. The van der Waals surface area contributed by atoms with E-state index in [0.717, 1.165) is 0 Å². The first-order valence-electron chi connectivity index (χ1n) is 13.8. The molecule has 5 rings (SSSR count). The van der Waals surface area contributed by atoms with Gasteiger partial charge >= 0.3 is 12.1 Å². The monoisotopic (exact) mass is 588 g/mol. The number of hydrogen-bond donors (Lipinski definition) is 2. The van der Waals surface area contributed by atoms with Crippen molar-refractivity contribution in [2.45, 2.75) is 64.1 Å². The summed E-state index contributed by atoms with van der Waals surface area (Å²) in [7, 11) is 0. The van der Waals surface area contributed by atoms with E-state index in [1.54, 1.807) is 28.8 Å². The van der Waals surface area contributed by atoms with Gasteiger partial charge in [-0.25, -0.2) is 9.37 Å². The topological polar surface area (TPSA) is 120 Å². The number of hydrogen-bond acceptors (Lipinski definition) is 5. The van der Waals surface area contributed by atoms with Crippen molar-refractivity contribution in [2.24, 2.45) is 29.1 Å². The molecule has 42 heavy (non-hydrogen) atoms. The smallest absolute Gasteiger partial charge is 0.336 e. The summed E-state index contributed by atoms with van der Waals surface area (Å²) in [6, 6.07) is 7.03. The summed E-state index contributed by atoms with van der Waals surface area (Å²) in [6.45, 7) is 4.57.